The predicted molar refractivity (Wildman–Crippen MR) is 166 cm³/mol. The monoisotopic (exact) mass is 628 g/mol. The number of carbonyl (C=O) groups is 2. The summed E-state index contributed by atoms with van der Waals surface area (Å²) in [6.07, 6.45) is 3.90. The first kappa shape index (κ1) is 31.3. The zero-order chi connectivity index (χ0) is 30.7. The largest absolute Gasteiger partial charge is 0.457 e. The number of nitrogens with two attached hydrogens (primary N) is 1. The average molecular weight is 630 g/mol. The van der Waals surface area contributed by atoms with E-state index in [0.29, 0.717) is 23.1 Å². The number of ether oxygens (including phenoxy) is 3. The molecule has 2 unspecified atom stereocenters. The van der Waals surface area contributed by atoms with E-state index in [1.54, 1.807) is 11.2 Å². The molecule has 1 fully saturated rings. The molecule has 0 radical (unpaired) electrons. The van der Waals surface area contributed by atoms with Crippen LogP contribution in [0.3, 0.4) is 0 Å². The molecule has 2 atom stereocenters. The van der Waals surface area contributed by atoms with Crippen LogP contribution in [0.2, 0.25) is 10.0 Å². The van der Waals surface area contributed by atoms with Crippen LogP contribution in [0.1, 0.15) is 55.4 Å². The van der Waals surface area contributed by atoms with Gasteiger partial charge in [-0.15, -0.1) is 0 Å². The van der Waals surface area contributed by atoms with Crippen LogP contribution in [0.25, 0.3) is 0 Å². The standard InChI is InChI=1S/C32H38Cl2N4O5/c1-4-14-37-16-26(28-22-7-5-9-24(33)20(22)11-12-21-23(28)8-6-10-25(21)34)38-30(31(37)39)27(17-41-15-13-36-38)42-18-43-32(40)29(35)19(2)3/h5-10,13,19,26,28-29H,4,11-12,14-18,35H2,1-3H3/b30-27?,36-13-. The summed E-state index contributed by atoms with van der Waals surface area (Å²) in [5.41, 5.74) is 10.5. The van der Waals surface area contributed by atoms with Crippen LogP contribution in [-0.2, 0) is 36.6 Å². The van der Waals surface area contributed by atoms with Crippen LogP contribution >= 0.6 is 23.2 Å². The molecule has 5 rings (SSSR count). The summed E-state index contributed by atoms with van der Waals surface area (Å²) in [7, 11) is 0. The van der Waals surface area contributed by atoms with Crippen molar-refractivity contribution in [1.29, 1.82) is 0 Å². The van der Waals surface area contributed by atoms with E-state index in [1.807, 2.05) is 49.9 Å². The van der Waals surface area contributed by atoms with Gasteiger partial charge in [0.2, 0.25) is 6.79 Å². The van der Waals surface area contributed by atoms with Gasteiger partial charge in [-0.3, -0.25) is 14.6 Å². The number of benzene rings is 2. The Bertz CT molecular complexity index is 1370. The van der Waals surface area contributed by atoms with Crippen LogP contribution < -0.4 is 5.73 Å². The minimum absolute atomic E-state index is 0.000437. The van der Waals surface area contributed by atoms with Gasteiger partial charge in [-0.05, 0) is 59.6 Å². The van der Waals surface area contributed by atoms with Gasteiger partial charge in [0.15, 0.2) is 11.5 Å². The van der Waals surface area contributed by atoms with E-state index >= 15 is 0 Å². The number of hydrazone groups is 1. The summed E-state index contributed by atoms with van der Waals surface area (Å²) >= 11 is 13.6. The fourth-order valence-corrected chi connectivity index (χ4v) is 6.58. The van der Waals surface area contributed by atoms with Crippen molar-refractivity contribution in [3.63, 3.8) is 0 Å². The van der Waals surface area contributed by atoms with E-state index in [4.69, 9.17) is 48.2 Å². The first-order chi connectivity index (χ1) is 20.7. The topological polar surface area (TPSA) is 107 Å². The molecule has 230 valence electrons. The number of amides is 1. The molecule has 0 aromatic heterocycles. The Morgan fingerprint density at radius 2 is 1.77 bits per heavy atom. The lowest BCUT2D eigenvalue weighted by Crippen LogP contribution is -2.56. The Kier molecular flexibility index (Phi) is 9.96. The molecule has 43 heavy (non-hydrogen) atoms. The van der Waals surface area contributed by atoms with Gasteiger partial charge in [0.05, 0.1) is 18.9 Å². The van der Waals surface area contributed by atoms with Crippen molar-refractivity contribution in [2.75, 3.05) is 33.1 Å². The number of hydrogen-bond donors (Lipinski definition) is 1. The van der Waals surface area contributed by atoms with E-state index in [1.165, 1.54) is 0 Å². The Balaban J connectivity index is 1.62. The zero-order valence-corrected chi connectivity index (χ0v) is 26.2. The highest BCUT2D eigenvalue weighted by molar-refractivity contribution is 6.32. The Morgan fingerprint density at radius 3 is 2.37 bits per heavy atom. The summed E-state index contributed by atoms with van der Waals surface area (Å²) in [4.78, 5) is 28.3. The quantitative estimate of drug-likeness (QED) is 0.328. The van der Waals surface area contributed by atoms with Crippen molar-refractivity contribution < 1.29 is 23.8 Å². The number of nitrogens with zero attached hydrogens (tertiary/aromatic N) is 3. The molecule has 0 saturated carbocycles. The fourth-order valence-electron chi connectivity index (χ4n) is 6.02. The number of fused-ring (bicyclic) bond motifs is 3. The molecule has 2 heterocycles. The number of piperazine rings is 1. The third-order valence-electron chi connectivity index (χ3n) is 8.24. The highest BCUT2D eigenvalue weighted by Gasteiger charge is 2.45. The Hall–Kier alpha value is -3.11. The van der Waals surface area contributed by atoms with Gasteiger partial charge < -0.3 is 24.8 Å². The first-order valence-corrected chi connectivity index (χ1v) is 15.5. The molecular formula is C32H38Cl2N4O5. The van der Waals surface area contributed by atoms with E-state index in [9.17, 15) is 9.59 Å². The molecule has 0 spiro atoms. The van der Waals surface area contributed by atoms with Crippen molar-refractivity contribution in [1.82, 2.24) is 9.91 Å². The molecule has 2 aromatic rings. The van der Waals surface area contributed by atoms with Crippen LogP contribution in [-0.4, -0.2) is 73.2 Å². The molecule has 1 saturated heterocycles. The van der Waals surface area contributed by atoms with Crippen molar-refractivity contribution >= 4 is 41.3 Å². The predicted octanol–water partition coefficient (Wildman–Crippen LogP) is 4.87. The second kappa shape index (κ2) is 13.7. The molecule has 2 aromatic carbocycles. The second-order valence-electron chi connectivity index (χ2n) is 11.3. The molecule has 9 nitrogen and oxygen atoms in total. The fraction of sp³-hybridized carbons (Fsp3) is 0.469. The Morgan fingerprint density at radius 1 is 1.12 bits per heavy atom. The minimum Gasteiger partial charge on any atom is -0.457 e. The van der Waals surface area contributed by atoms with Gasteiger partial charge in [0, 0.05) is 29.1 Å². The summed E-state index contributed by atoms with van der Waals surface area (Å²) in [6.45, 7) is 6.47. The zero-order valence-electron chi connectivity index (χ0n) is 24.7. The van der Waals surface area contributed by atoms with Crippen LogP contribution in [0.4, 0.5) is 0 Å². The van der Waals surface area contributed by atoms with E-state index in [-0.39, 0.29) is 48.5 Å². The number of carbonyl (C=O) groups excluding carboxylic acids is 2. The van der Waals surface area contributed by atoms with Crippen molar-refractivity contribution in [2.24, 2.45) is 16.8 Å². The average Bonchev–Trinajstić information content (AvgIpc) is 3.14. The molecule has 3 aliphatic rings. The Labute approximate surface area is 262 Å². The summed E-state index contributed by atoms with van der Waals surface area (Å²) in [5, 5.41) is 7.95. The normalized spacial score (nSPS) is 20.4. The lowest BCUT2D eigenvalue weighted by molar-refractivity contribution is -0.157. The molecule has 11 heteroatoms. The maximum atomic E-state index is 14.1. The van der Waals surface area contributed by atoms with Gasteiger partial charge in [0.1, 0.15) is 12.6 Å². The molecule has 2 aliphatic heterocycles. The van der Waals surface area contributed by atoms with Crippen molar-refractivity contribution in [3.05, 3.63) is 80.2 Å². The molecule has 2 N–H and O–H groups in total. The number of esters is 1. The number of hydrogen-bond acceptors (Lipinski definition) is 8. The van der Waals surface area contributed by atoms with Gasteiger partial charge in [0.25, 0.3) is 5.91 Å². The molecule has 0 bridgehead atoms. The highest BCUT2D eigenvalue weighted by Crippen LogP contribution is 2.44. The molecule has 1 aliphatic carbocycles. The lowest BCUT2D eigenvalue weighted by Gasteiger charge is -2.45. The highest BCUT2D eigenvalue weighted by atomic mass is 35.5. The van der Waals surface area contributed by atoms with Gasteiger partial charge in [-0.1, -0.05) is 68.2 Å². The first-order valence-electron chi connectivity index (χ1n) is 14.7. The molecule has 1 amide bonds. The van der Waals surface area contributed by atoms with Crippen LogP contribution in [0, 0.1) is 5.92 Å². The maximum absolute atomic E-state index is 14.1. The van der Waals surface area contributed by atoms with E-state index in [2.05, 4.69) is 12.1 Å². The third-order valence-corrected chi connectivity index (χ3v) is 8.95. The van der Waals surface area contributed by atoms with Gasteiger partial charge >= 0.3 is 5.97 Å². The smallest absolute Gasteiger partial charge is 0.326 e. The number of halogens is 2. The third kappa shape index (κ3) is 6.41. The lowest BCUT2D eigenvalue weighted by atomic mass is 9.81. The van der Waals surface area contributed by atoms with E-state index < -0.39 is 18.8 Å². The second-order valence-corrected chi connectivity index (χ2v) is 12.2. The van der Waals surface area contributed by atoms with Gasteiger partial charge in [-0.2, -0.15) is 5.10 Å². The maximum Gasteiger partial charge on any atom is 0.326 e. The van der Waals surface area contributed by atoms with E-state index in [0.717, 1.165) is 41.5 Å². The SMILES string of the molecule is CCCN1CC(C2c3cccc(Cl)c3CCc3c(Cl)cccc32)N2/N=C\COCC(OCOC(=O)C(N)C(C)C)=C2C1=O. The minimum atomic E-state index is -0.786. The van der Waals surface area contributed by atoms with Crippen molar-refractivity contribution in [3.8, 4) is 0 Å². The van der Waals surface area contributed by atoms with Crippen LogP contribution in [0.15, 0.2) is 53.0 Å². The number of rotatable bonds is 8. The van der Waals surface area contributed by atoms with Gasteiger partial charge in [-0.25, -0.2) is 0 Å². The summed E-state index contributed by atoms with van der Waals surface area (Å²) in [5.74, 6) is -0.882. The van der Waals surface area contributed by atoms with Crippen molar-refractivity contribution in [2.45, 2.75) is 58.0 Å². The molecular weight excluding hydrogens is 591 g/mol. The summed E-state index contributed by atoms with van der Waals surface area (Å²) < 4.78 is 17.0. The summed E-state index contributed by atoms with van der Waals surface area (Å²) in [6, 6.07) is 10.9. The van der Waals surface area contributed by atoms with Crippen LogP contribution in [0.5, 0.6) is 0 Å².